The smallest absolute Gasteiger partial charge is 0.339 e. The molecule has 4 aromatic carbocycles. The van der Waals surface area contributed by atoms with Gasteiger partial charge in [0.05, 0.1) is 14.2 Å². The number of ether oxygens (including phenoxy) is 2. The third-order valence-electron chi connectivity index (χ3n) is 7.90. The molecule has 0 aliphatic carbocycles. The van der Waals surface area contributed by atoms with E-state index in [4.69, 9.17) is 13.7 Å². The second kappa shape index (κ2) is 9.77. The lowest BCUT2D eigenvalue weighted by atomic mass is 9.84. The molecule has 0 fully saturated rings. The predicted molar refractivity (Wildman–Crippen MR) is 153 cm³/mol. The molecule has 8 heteroatoms. The molecule has 0 radical (unpaired) electrons. The maximum Gasteiger partial charge on any atom is 0.339 e. The third-order valence-corrected chi connectivity index (χ3v) is 9.19. The van der Waals surface area contributed by atoms with Crippen LogP contribution in [0, 0.1) is 0 Å². The largest absolute Gasteiger partial charge is 0.497 e. The van der Waals surface area contributed by atoms with Crippen LogP contribution < -0.4 is 18.6 Å². The number of benzene rings is 4. The van der Waals surface area contributed by atoms with Gasteiger partial charge >= 0.3 is 10.1 Å². The zero-order valence-electron chi connectivity index (χ0n) is 22.6. The summed E-state index contributed by atoms with van der Waals surface area (Å²) in [6.07, 6.45) is 1.73. The lowest BCUT2D eigenvalue weighted by Crippen LogP contribution is -2.39. The van der Waals surface area contributed by atoms with Gasteiger partial charge in [-0.25, -0.2) is 0 Å². The highest BCUT2D eigenvalue weighted by molar-refractivity contribution is 7.87. The monoisotopic (exact) mass is 544 g/mol. The Morgan fingerprint density at radius 2 is 1.62 bits per heavy atom. The van der Waals surface area contributed by atoms with E-state index in [1.165, 1.54) is 11.1 Å². The first-order valence-corrected chi connectivity index (χ1v) is 14.4. The highest BCUT2D eigenvalue weighted by atomic mass is 32.2. The standard InChI is InChI=1S/C31H32N2O5S/c1-32(2)27-9-5-8-26-25(27)7-6-10-31(26)39(34,35)38-30-17-21-16-28-24-12-11-23(36-3)15-20(24)13-14-33(28)19-22(21)18-29(30)37-4/h5-12,15,17-18,28H,13-14,16,19H2,1-4H3. The maximum absolute atomic E-state index is 13.7. The van der Waals surface area contributed by atoms with Gasteiger partial charge < -0.3 is 18.6 Å². The molecule has 1 unspecified atom stereocenters. The molecule has 0 bridgehead atoms. The van der Waals surface area contributed by atoms with E-state index in [9.17, 15) is 8.42 Å². The van der Waals surface area contributed by atoms with Crippen molar-refractivity contribution in [1.82, 2.24) is 4.90 Å². The Morgan fingerprint density at radius 3 is 2.38 bits per heavy atom. The lowest BCUT2D eigenvalue weighted by Gasteiger charge is -2.41. The highest BCUT2D eigenvalue weighted by Gasteiger charge is 2.33. The van der Waals surface area contributed by atoms with Crippen LogP contribution >= 0.6 is 0 Å². The molecule has 0 saturated carbocycles. The van der Waals surface area contributed by atoms with Crippen molar-refractivity contribution in [3.8, 4) is 17.2 Å². The summed E-state index contributed by atoms with van der Waals surface area (Å²) in [5.41, 5.74) is 5.74. The Bertz CT molecular complexity index is 1680. The quantitative estimate of drug-likeness (QED) is 0.303. The van der Waals surface area contributed by atoms with Crippen molar-refractivity contribution in [3.05, 3.63) is 89.0 Å². The summed E-state index contributed by atoms with van der Waals surface area (Å²) in [6.45, 7) is 1.72. The zero-order chi connectivity index (χ0) is 27.3. The number of fused-ring (bicyclic) bond motifs is 5. The van der Waals surface area contributed by atoms with Gasteiger partial charge in [0.1, 0.15) is 10.6 Å². The van der Waals surface area contributed by atoms with E-state index < -0.39 is 10.1 Å². The second-order valence-corrected chi connectivity index (χ2v) is 11.9. The molecule has 0 saturated heterocycles. The van der Waals surface area contributed by atoms with Gasteiger partial charge in [-0.05, 0) is 71.5 Å². The van der Waals surface area contributed by atoms with Gasteiger partial charge in [-0.3, -0.25) is 4.90 Å². The Hall–Kier alpha value is -3.75. The van der Waals surface area contributed by atoms with Crippen molar-refractivity contribution < 1.29 is 22.1 Å². The van der Waals surface area contributed by atoms with Crippen LogP contribution in [-0.2, 0) is 29.5 Å². The van der Waals surface area contributed by atoms with E-state index in [0.717, 1.165) is 53.9 Å². The maximum atomic E-state index is 13.7. The lowest BCUT2D eigenvalue weighted by molar-refractivity contribution is 0.160. The Balaban J connectivity index is 1.37. The van der Waals surface area contributed by atoms with Crippen molar-refractivity contribution >= 4 is 26.6 Å². The van der Waals surface area contributed by atoms with E-state index in [-0.39, 0.29) is 16.7 Å². The van der Waals surface area contributed by atoms with E-state index >= 15 is 0 Å². The third kappa shape index (κ3) is 4.47. The molecule has 0 amide bonds. The summed E-state index contributed by atoms with van der Waals surface area (Å²) >= 11 is 0. The zero-order valence-corrected chi connectivity index (χ0v) is 23.4. The molecule has 1 atom stereocenters. The van der Waals surface area contributed by atoms with Crippen molar-refractivity contribution in [3.63, 3.8) is 0 Å². The molecule has 202 valence electrons. The van der Waals surface area contributed by atoms with Gasteiger partial charge in [-0.15, -0.1) is 0 Å². The van der Waals surface area contributed by atoms with Crippen molar-refractivity contribution in [2.75, 3.05) is 39.8 Å². The summed E-state index contributed by atoms with van der Waals surface area (Å²) in [4.78, 5) is 4.58. The minimum atomic E-state index is -4.14. The molecule has 0 spiro atoms. The molecular weight excluding hydrogens is 512 g/mol. The Labute approximate surface area is 229 Å². The fourth-order valence-electron chi connectivity index (χ4n) is 5.96. The Morgan fingerprint density at radius 1 is 0.846 bits per heavy atom. The number of hydrogen-bond donors (Lipinski definition) is 0. The van der Waals surface area contributed by atoms with E-state index in [1.807, 2.05) is 61.5 Å². The summed E-state index contributed by atoms with van der Waals surface area (Å²) in [7, 11) is 2.96. The molecule has 6 rings (SSSR count). The van der Waals surface area contributed by atoms with Crippen LogP contribution in [0.2, 0.25) is 0 Å². The number of nitrogens with zero attached hydrogens (tertiary/aromatic N) is 2. The second-order valence-electron chi connectivity index (χ2n) is 10.3. The molecule has 2 aliphatic heterocycles. The molecule has 0 aromatic heterocycles. The predicted octanol–water partition coefficient (Wildman–Crippen LogP) is 5.35. The number of methoxy groups -OCH3 is 2. The molecular formula is C31H32N2O5S. The molecule has 0 N–H and O–H groups in total. The fourth-order valence-corrected chi connectivity index (χ4v) is 7.11. The molecule has 4 aromatic rings. The first kappa shape index (κ1) is 25.5. The van der Waals surface area contributed by atoms with Gasteiger partial charge in [-0.2, -0.15) is 8.42 Å². The average Bonchev–Trinajstić information content (AvgIpc) is 2.94. The van der Waals surface area contributed by atoms with Crippen LogP contribution in [0.1, 0.15) is 28.3 Å². The molecule has 39 heavy (non-hydrogen) atoms. The van der Waals surface area contributed by atoms with Gasteiger partial charge in [0.2, 0.25) is 0 Å². The van der Waals surface area contributed by atoms with Crippen LogP contribution in [0.25, 0.3) is 10.8 Å². The van der Waals surface area contributed by atoms with Crippen LogP contribution in [-0.4, -0.2) is 48.2 Å². The fraction of sp³-hybridized carbons (Fsp3) is 0.290. The van der Waals surface area contributed by atoms with Crippen molar-refractivity contribution in [1.29, 1.82) is 0 Å². The molecule has 2 heterocycles. The van der Waals surface area contributed by atoms with Crippen molar-refractivity contribution in [2.24, 2.45) is 0 Å². The minimum absolute atomic E-state index is 0.129. The summed E-state index contributed by atoms with van der Waals surface area (Å²) in [5.74, 6) is 1.48. The summed E-state index contributed by atoms with van der Waals surface area (Å²) in [5, 5.41) is 1.46. The molecule has 7 nitrogen and oxygen atoms in total. The van der Waals surface area contributed by atoms with Gasteiger partial charge in [0.25, 0.3) is 0 Å². The SMILES string of the molecule is COc1ccc2c(c1)CCN1Cc3cc(OC)c(OS(=O)(=O)c4cccc5c(N(C)C)cccc45)cc3CC21. The number of rotatable bonds is 6. The first-order chi connectivity index (χ1) is 18.8. The van der Waals surface area contributed by atoms with E-state index in [0.29, 0.717) is 11.1 Å². The minimum Gasteiger partial charge on any atom is -0.497 e. The molecule has 2 aliphatic rings. The average molecular weight is 545 g/mol. The van der Waals surface area contributed by atoms with Gasteiger partial charge in [0, 0.05) is 49.7 Å². The summed E-state index contributed by atoms with van der Waals surface area (Å²) < 4.78 is 44.2. The van der Waals surface area contributed by atoms with Gasteiger partial charge in [0.15, 0.2) is 11.5 Å². The topological polar surface area (TPSA) is 68.3 Å². The van der Waals surface area contributed by atoms with Crippen molar-refractivity contribution in [2.45, 2.75) is 30.3 Å². The highest BCUT2D eigenvalue weighted by Crippen LogP contribution is 2.43. The first-order valence-electron chi connectivity index (χ1n) is 13.0. The number of hydrogen-bond acceptors (Lipinski definition) is 7. The number of anilines is 1. The normalized spacial score (nSPS) is 16.7. The van der Waals surface area contributed by atoms with Crippen LogP contribution in [0.5, 0.6) is 17.2 Å². The van der Waals surface area contributed by atoms with Crippen LogP contribution in [0.4, 0.5) is 5.69 Å². The van der Waals surface area contributed by atoms with Crippen LogP contribution in [0.15, 0.2) is 71.6 Å². The van der Waals surface area contributed by atoms with Gasteiger partial charge in [-0.1, -0.05) is 30.3 Å². The van der Waals surface area contributed by atoms with Crippen LogP contribution in [0.3, 0.4) is 0 Å². The summed E-state index contributed by atoms with van der Waals surface area (Å²) in [6, 6.07) is 21.2. The van der Waals surface area contributed by atoms with E-state index in [1.54, 1.807) is 26.4 Å². The Kier molecular flexibility index (Phi) is 6.40. The van der Waals surface area contributed by atoms with E-state index in [2.05, 4.69) is 17.0 Å².